The standard InChI is InChI=1S/C24H27F3N4/c1-5-16(4)18-8-12-20(13-9-18)30-23-28-14-21(24(25,26)27)22(31-23)29-19-10-6-17(7-11-19)15(2)3/h6-16H,5H2,1-4H3,(H2,28,29,30,31). The highest BCUT2D eigenvalue weighted by Gasteiger charge is 2.35. The van der Waals surface area contributed by atoms with Gasteiger partial charge in [0.15, 0.2) is 0 Å². The van der Waals surface area contributed by atoms with E-state index in [1.807, 2.05) is 36.4 Å². The molecule has 0 bridgehead atoms. The maximum absolute atomic E-state index is 13.5. The number of alkyl halides is 3. The topological polar surface area (TPSA) is 49.8 Å². The molecule has 4 nitrogen and oxygen atoms in total. The van der Waals surface area contributed by atoms with Crippen molar-refractivity contribution in [2.75, 3.05) is 10.6 Å². The van der Waals surface area contributed by atoms with Crippen LogP contribution in [0.15, 0.2) is 54.7 Å². The van der Waals surface area contributed by atoms with E-state index in [0.717, 1.165) is 18.2 Å². The third-order valence-corrected chi connectivity index (χ3v) is 5.28. The van der Waals surface area contributed by atoms with Crippen LogP contribution >= 0.6 is 0 Å². The van der Waals surface area contributed by atoms with Gasteiger partial charge in [0, 0.05) is 17.6 Å². The van der Waals surface area contributed by atoms with Gasteiger partial charge in [-0.2, -0.15) is 18.2 Å². The normalized spacial score (nSPS) is 12.6. The second-order valence-corrected chi connectivity index (χ2v) is 7.91. The Kier molecular flexibility index (Phi) is 6.83. The van der Waals surface area contributed by atoms with Gasteiger partial charge in [-0.25, -0.2) is 4.98 Å². The summed E-state index contributed by atoms with van der Waals surface area (Å²) >= 11 is 0. The van der Waals surface area contributed by atoms with Gasteiger partial charge in [-0.3, -0.25) is 0 Å². The Labute approximate surface area is 181 Å². The first-order valence-electron chi connectivity index (χ1n) is 10.4. The van der Waals surface area contributed by atoms with E-state index < -0.39 is 11.7 Å². The number of nitrogens with zero attached hydrogens (tertiary/aromatic N) is 2. The Hall–Kier alpha value is -3.09. The van der Waals surface area contributed by atoms with Crippen LogP contribution in [0.5, 0.6) is 0 Å². The minimum absolute atomic E-state index is 0.0885. The minimum atomic E-state index is -4.57. The van der Waals surface area contributed by atoms with E-state index in [9.17, 15) is 13.2 Å². The monoisotopic (exact) mass is 428 g/mol. The predicted octanol–water partition coefficient (Wildman–Crippen LogP) is 7.62. The summed E-state index contributed by atoms with van der Waals surface area (Å²) in [5.41, 5.74) is 2.62. The number of hydrogen-bond donors (Lipinski definition) is 2. The third-order valence-electron chi connectivity index (χ3n) is 5.28. The van der Waals surface area contributed by atoms with E-state index in [0.29, 0.717) is 23.2 Å². The molecule has 0 amide bonds. The summed E-state index contributed by atoms with van der Waals surface area (Å²) in [7, 11) is 0. The van der Waals surface area contributed by atoms with E-state index in [1.54, 1.807) is 12.1 Å². The SMILES string of the molecule is CCC(C)c1ccc(Nc2ncc(C(F)(F)F)c(Nc3ccc(C(C)C)cc3)n2)cc1. The van der Waals surface area contributed by atoms with Gasteiger partial charge in [0.1, 0.15) is 11.4 Å². The maximum atomic E-state index is 13.5. The summed E-state index contributed by atoms with van der Waals surface area (Å²) in [5, 5.41) is 5.78. The van der Waals surface area contributed by atoms with Gasteiger partial charge in [-0.05, 0) is 53.6 Å². The number of anilines is 4. The lowest BCUT2D eigenvalue weighted by molar-refractivity contribution is -0.137. The quantitative estimate of drug-likeness (QED) is 0.406. The van der Waals surface area contributed by atoms with Gasteiger partial charge in [0.25, 0.3) is 0 Å². The summed E-state index contributed by atoms with van der Waals surface area (Å²) in [5.74, 6) is 0.569. The number of rotatable bonds is 7. The van der Waals surface area contributed by atoms with Crippen LogP contribution in [0.1, 0.15) is 62.6 Å². The van der Waals surface area contributed by atoms with Crippen molar-refractivity contribution in [3.8, 4) is 0 Å². The molecule has 0 radical (unpaired) electrons. The van der Waals surface area contributed by atoms with Crippen LogP contribution in [0.25, 0.3) is 0 Å². The lowest BCUT2D eigenvalue weighted by atomic mass is 9.99. The first-order valence-corrected chi connectivity index (χ1v) is 10.4. The zero-order valence-corrected chi connectivity index (χ0v) is 18.1. The molecule has 164 valence electrons. The van der Waals surface area contributed by atoms with Crippen LogP contribution in [0.3, 0.4) is 0 Å². The van der Waals surface area contributed by atoms with Crippen LogP contribution in [-0.2, 0) is 6.18 Å². The second kappa shape index (κ2) is 9.37. The summed E-state index contributed by atoms with van der Waals surface area (Å²) in [4.78, 5) is 7.98. The summed E-state index contributed by atoms with van der Waals surface area (Å²) < 4.78 is 40.5. The Morgan fingerprint density at radius 1 is 0.839 bits per heavy atom. The first kappa shape index (κ1) is 22.6. The zero-order valence-electron chi connectivity index (χ0n) is 18.1. The van der Waals surface area contributed by atoms with Crippen molar-refractivity contribution in [2.24, 2.45) is 0 Å². The highest BCUT2D eigenvalue weighted by molar-refractivity contribution is 5.63. The zero-order chi connectivity index (χ0) is 22.6. The lowest BCUT2D eigenvalue weighted by Gasteiger charge is -2.16. The fourth-order valence-corrected chi connectivity index (χ4v) is 3.09. The number of nitrogens with one attached hydrogen (secondary N) is 2. The highest BCUT2D eigenvalue weighted by Crippen LogP contribution is 2.35. The van der Waals surface area contributed by atoms with Crippen molar-refractivity contribution >= 4 is 23.1 Å². The Morgan fingerprint density at radius 3 is 1.90 bits per heavy atom. The van der Waals surface area contributed by atoms with E-state index in [1.165, 1.54) is 5.56 Å². The largest absolute Gasteiger partial charge is 0.421 e. The van der Waals surface area contributed by atoms with Crippen LogP contribution in [0.2, 0.25) is 0 Å². The minimum Gasteiger partial charge on any atom is -0.340 e. The molecule has 2 N–H and O–H groups in total. The molecule has 3 rings (SSSR count). The average molecular weight is 429 g/mol. The molecule has 0 aliphatic rings. The van der Waals surface area contributed by atoms with Gasteiger partial charge in [0.05, 0.1) is 0 Å². The number of hydrogen-bond acceptors (Lipinski definition) is 4. The summed E-state index contributed by atoms with van der Waals surface area (Å²) in [6.07, 6.45) is -2.74. The molecule has 3 aromatic rings. The van der Waals surface area contributed by atoms with E-state index >= 15 is 0 Å². The smallest absolute Gasteiger partial charge is 0.340 e. The van der Waals surface area contributed by atoms with Gasteiger partial charge < -0.3 is 10.6 Å². The fourth-order valence-electron chi connectivity index (χ4n) is 3.09. The molecule has 0 saturated carbocycles. The molecule has 0 aliphatic carbocycles. The summed E-state index contributed by atoms with van der Waals surface area (Å²) in [6, 6.07) is 15.0. The van der Waals surface area contributed by atoms with Gasteiger partial charge in [-0.15, -0.1) is 0 Å². The molecule has 1 aromatic heterocycles. The number of aromatic nitrogens is 2. The fraction of sp³-hybridized carbons (Fsp3) is 0.333. The molecule has 1 unspecified atom stereocenters. The van der Waals surface area contributed by atoms with Crippen molar-refractivity contribution in [1.82, 2.24) is 9.97 Å². The van der Waals surface area contributed by atoms with Crippen molar-refractivity contribution < 1.29 is 13.2 Å². The molecule has 1 atom stereocenters. The van der Waals surface area contributed by atoms with E-state index in [4.69, 9.17) is 0 Å². The molecule has 0 saturated heterocycles. The second-order valence-electron chi connectivity index (χ2n) is 7.91. The highest BCUT2D eigenvalue weighted by atomic mass is 19.4. The predicted molar refractivity (Wildman–Crippen MR) is 119 cm³/mol. The van der Waals surface area contributed by atoms with Crippen LogP contribution < -0.4 is 10.6 Å². The summed E-state index contributed by atoms with van der Waals surface area (Å²) in [6.45, 7) is 8.38. The molecule has 31 heavy (non-hydrogen) atoms. The van der Waals surface area contributed by atoms with Crippen LogP contribution in [0.4, 0.5) is 36.3 Å². The molecular weight excluding hydrogens is 401 g/mol. The first-order chi connectivity index (χ1) is 14.7. The Balaban J connectivity index is 1.86. The number of halogens is 3. The van der Waals surface area contributed by atoms with Gasteiger partial charge in [-0.1, -0.05) is 52.0 Å². The lowest BCUT2D eigenvalue weighted by Crippen LogP contribution is -2.12. The van der Waals surface area contributed by atoms with Crippen molar-refractivity contribution in [2.45, 2.75) is 52.1 Å². The van der Waals surface area contributed by atoms with Crippen LogP contribution in [0, 0.1) is 0 Å². The molecule has 7 heteroatoms. The van der Waals surface area contributed by atoms with E-state index in [2.05, 4.69) is 48.3 Å². The molecule has 0 fully saturated rings. The molecule has 1 heterocycles. The van der Waals surface area contributed by atoms with Crippen molar-refractivity contribution in [1.29, 1.82) is 0 Å². The van der Waals surface area contributed by atoms with Gasteiger partial charge >= 0.3 is 6.18 Å². The molecule has 0 aliphatic heterocycles. The number of benzene rings is 2. The average Bonchev–Trinajstić information content (AvgIpc) is 2.73. The van der Waals surface area contributed by atoms with Crippen molar-refractivity contribution in [3.63, 3.8) is 0 Å². The molecular formula is C24H27F3N4. The van der Waals surface area contributed by atoms with Crippen molar-refractivity contribution in [3.05, 3.63) is 71.4 Å². The maximum Gasteiger partial charge on any atom is 0.421 e. The third kappa shape index (κ3) is 5.75. The van der Waals surface area contributed by atoms with E-state index in [-0.39, 0.29) is 11.8 Å². The Bertz CT molecular complexity index is 997. The van der Waals surface area contributed by atoms with Gasteiger partial charge in [0.2, 0.25) is 5.95 Å². The molecule has 2 aromatic carbocycles. The molecule has 0 spiro atoms. The Morgan fingerprint density at radius 2 is 1.39 bits per heavy atom. The van der Waals surface area contributed by atoms with Crippen LogP contribution in [-0.4, -0.2) is 9.97 Å².